The molecule has 2 fully saturated rings. The molecule has 1 atom stereocenters. The van der Waals surface area contributed by atoms with Gasteiger partial charge in [0.05, 0.1) is 6.61 Å². The number of anilines is 1. The molecule has 0 aromatic carbocycles. The summed E-state index contributed by atoms with van der Waals surface area (Å²) in [6.45, 7) is 5.33. The first kappa shape index (κ1) is 13.3. The van der Waals surface area contributed by atoms with Crippen molar-refractivity contribution in [1.82, 2.24) is 15.1 Å². The normalized spacial score (nSPS) is 28.4. The first-order chi connectivity index (χ1) is 9.34. The lowest BCUT2D eigenvalue weighted by Crippen LogP contribution is -2.56. The average molecular weight is 282 g/mol. The molecule has 0 aliphatic carbocycles. The predicted octanol–water partition coefficient (Wildman–Crippen LogP) is 1.62. The summed E-state index contributed by atoms with van der Waals surface area (Å²) in [6, 6.07) is 0. The first-order valence-electron chi connectivity index (χ1n) is 7.09. The summed E-state index contributed by atoms with van der Waals surface area (Å²) >= 11 is 1.65. The fourth-order valence-corrected chi connectivity index (χ4v) is 4.18. The van der Waals surface area contributed by atoms with Crippen molar-refractivity contribution in [3.05, 3.63) is 5.51 Å². The molecule has 1 spiro atoms. The molecule has 5 nitrogen and oxygen atoms in total. The molecule has 0 radical (unpaired) electrons. The number of likely N-dealkylation sites (tertiary alicyclic amines) is 1. The summed E-state index contributed by atoms with van der Waals surface area (Å²) in [5.41, 5.74) is 2.18. The second-order valence-electron chi connectivity index (χ2n) is 5.55. The van der Waals surface area contributed by atoms with Gasteiger partial charge in [-0.25, -0.2) is 0 Å². The van der Waals surface area contributed by atoms with Gasteiger partial charge in [0.25, 0.3) is 0 Å². The van der Waals surface area contributed by atoms with Crippen LogP contribution in [-0.2, 0) is 4.74 Å². The quantitative estimate of drug-likeness (QED) is 0.839. The van der Waals surface area contributed by atoms with E-state index in [0.717, 1.165) is 31.4 Å². The number of hydrogen-bond acceptors (Lipinski definition) is 6. The SMILES string of the molecule is COCCN1CCC[C@@]12CCCN(c1nncs1)C2. The molecule has 2 aliphatic heterocycles. The lowest BCUT2D eigenvalue weighted by atomic mass is 9.86. The van der Waals surface area contributed by atoms with Gasteiger partial charge in [0, 0.05) is 32.3 Å². The summed E-state index contributed by atoms with van der Waals surface area (Å²) in [5.74, 6) is 0. The number of hydrogen-bond donors (Lipinski definition) is 0. The van der Waals surface area contributed by atoms with Gasteiger partial charge in [0.1, 0.15) is 5.51 Å². The van der Waals surface area contributed by atoms with Crippen molar-refractivity contribution in [3.63, 3.8) is 0 Å². The Labute approximate surface area is 118 Å². The number of aromatic nitrogens is 2. The second-order valence-corrected chi connectivity index (χ2v) is 6.37. The van der Waals surface area contributed by atoms with Crippen LogP contribution in [0, 0.1) is 0 Å². The maximum absolute atomic E-state index is 5.26. The molecule has 106 valence electrons. The van der Waals surface area contributed by atoms with Gasteiger partial charge in [-0.2, -0.15) is 0 Å². The van der Waals surface area contributed by atoms with E-state index < -0.39 is 0 Å². The Bertz CT molecular complexity index is 399. The van der Waals surface area contributed by atoms with Crippen LogP contribution >= 0.6 is 11.3 Å². The molecule has 0 N–H and O–H groups in total. The number of ether oxygens (including phenoxy) is 1. The molecule has 1 aromatic heterocycles. The fourth-order valence-electron chi connectivity index (χ4n) is 3.59. The maximum Gasteiger partial charge on any atom is 0.208 e. The van der Waals surface area contributed by atoms with Gasteiger partial charge in [-0.05, 0) is 32.2 Å². The Balaban J connectivity index is 1.72. The number of rotatable bonds is 4. The zero-order valence-corrected chi connectivity index (χ0v) is 12.4. The molecule has 1 aromatic rings. The zero-order valence-electron chi connectivity index (χ0n) is 11.5. The van der Waals surface area contributed by atoms with Gasteiger partial charge >= 0.3 is 0 Å². The monoisotopic (exact) mass is 282 g/mol. The lowest BCUT2D eigenvalue weighted by molar-refractivity contribution is 0.0782. The topological polar surface area (TPSA) is 41.5 Å². The minimum absolute atomic E-state index is 0.350. The Kier molecular flexibility index (Phi) is 4.00. The summed E-state index contributed by atoms with van der Waals surface area (Å²) < 4.78 is 5.26. The molecule has 0 amide bonds. The average Bonchev–Trinajstić information content (AvgIpc) is 3.07. The van der Waals surface area contributed by atoms with Crippen molar-refractivity contribution in [3.8, 4) is 0 Å². The van der Waals surface area contributed by atoms with E-state index >= 15 is 0 Å². The molecule has 0 bridgehead atoms. The van der Waals surface area contributed by atoms with Crippen LogP contribution in [0.15, 0.2) is 5.51 Å². The van der Waals surface area contributed by atoms with E-state index in [1.165, 1.54) is 32.2 Å². The number of methoxy groups -OCH3 is 1. The van der Waals surface area contributed by atoms with E-state index in [1.807, 2.05) is 5.51 Å². The predicted molar refractivity (Wildman–Crippen MR) is 76.8 cm³/mol. The molecule has 3 heterocycles. The summed E-state index contributed by atoms with van der Waals surface area (Å²) in [7, 11) is 1.79. The third-order valence-electron chi connectivity index (χ3n) is 4.48. The van der Waals surface area contributed by atoms with Crippen molar-refractivity contribution in [2.75, 3.05) is 44.8 Å². The van der Waals surface area contributed by atoms with Gasteiger partial charge < -0.3 is 9.64 Å². The van der Waals surface area contributed by atoms with Crippen LogP contribution in [-0.4, -0.2) is 60.5 Å². The second kappa shape index (κ2) is 5.73. The van der Waals surface area contributed by atoms with Crippen molar-refractivity contribution < 1.29 is 4.74 Å². The minimum Gasteiger partial charge on any atom is -0.383 e. The van der Waals surface area contributed by atoms with Crippen LogP contribution < -0.4 is 4.90 Å². The van der Waals surface area contributed by atoms with E-state index in [0.29, 0.717) is 5.54 Å². The van der Waals surface area contributed by atoms with Crippen molar-refractivity contribution in [1.29, 1.82) is 0 Å². The lowest BCUT2D eigenvalue weighted by Gasteiger charge is -2.46. The van der Waals surface area contributed by atoms with Gasteiger partial charge in [-0.15, -0.1) is 10.2 Å². The van der Waals surface area contributed by atoms with E-state index in [2.05, 4.69) is 20.0 Å². The molecule has 3 rings (SSSR count). The highest BCUT2D eigenvalue weighted by atomic mass is 32.1. The third kappa shape index (κ3) is 2.61. The Morgan fingerprint density at radius 2 is 2.21 bits per heavy atom. The summed E-state index contributed by atoms with van der Waals surface area (Å²) in [4.78, 5) is 5.07. The van der Waals surface area contributed by atoms with Crippen molar-refractivity contribution in [2.24, 2.45) is 0 Å². The largest absolute Gasteiger partial charge is 0.383 e. The maximum atomic E-state index is 5.26. The number of nitrogens with zero attached hydrogens (tertiary/aromatic N) is 4. The molecule has 2 saturated heterocycles. The standard InChI is InChI=1S/C13H22N4OS/c1-18-9-8-17-7-3-5-13(17)4-2-6-16(10-13)12-15-14-11-19-12/h11H,2-10H2,1H3/t13-/m1/s1. The third-order valence-corrected chi connectivity index (χ3v) is 5.23. The highest BCUT2D eigenvalue weighted by molar-refractivity contribution is 7.13. The van der Waals surface area contributed by atoms with Gasteiger partial charge in [-0.3, -0.25) is 4.90 Å². The first-order valence-corrected chi connectivity index (χ1v) is 7.97. The van der Waals surface area contributed by atoms with Gasteiger partial charge in [-0.1, -0.05) is 11.3 Å². The van der Waals surface area contributed by atoms with E-state index in [4.69, 9.17) is 4.74 Å². The van der Waals surface area contributed by atoms with E-state index in [1.54, 1.807) is 18.4 Å². The fraction of sp³-hybridized carbons (Fsp3) is 0.846. The van der Waals surface area contributed by atoms with Crippen LogP contribution in [0.4, 0.5) is 5.13 Å². The highest BCUT2D eigenvalue weighted by Gasteiger charge is 2.43. The number of piperidine rings is 1. The zero-order chi connectivity index (χ0) is 13.1. The molecule has 2 aliphatic rings. The Morgan fingerprint density at radius 1 is 1.37 bits per heavy atom. The minimum atomic E-state index is 0.350. The molecular weight excluding hydrogens is 260 g/mol. The van der Waals surface area contributed by atoms with E-state index in [9.17, 15) is 0 Å². The Morgan fingerprint density at radius 3 is 2.95 bits per heavy atom. The van der Waals surface area contributed by atoms with Crippen LogP contribution in [0.3, 0.4) is 0 Å². The molecule has 0 unspecified atom stereocenters. The van der Waals surface area contributed by atoms with E-state index in [-0.39, 0.29) is 0 Å². The Hall–Kier alpha value is -0.720. The summed E-state index contributed by atoms with van der Waals surface area (Å²) in [5, 5.41) is 9.29. The highest BCUT2D eigenvalue weighted by Crippen LogP contribution is 2.38. The molecule has 6 heteroatoms. The smallest absolute Gasteiger partial charge is 0.208 e. The molecule has 0 saturated carbocycles. The molecular formula is C13H22N4OS. The van der Waals surface area contributed by atoms with Crippen LogP contribution in [0.2, 0.25) is 0 Å². The van der Waals surface area contributed by atoms with Crippen LogP contribution in [0.1, 0.15) is 25.7 Å². The molecule has 19 heavy (non-hydrogen) atoms. The van der Waals surface area contributed by atoms with Gasteiger partial charge in [0.15, 0.2) is 0 Å². The van der Waals surface area contributed by atoms with Crippen LogP contribution in [0.25, 0.3) is 0 Å². The summed E-state index contributed by atoms with van der Waals surface area (Å²) in [6.07, 6.45) is 5.19. The van der Waals surface area contributed by atoms with Crippen molar-refractivity contribution in [2.45, 2.75) is 31.2 Å². The van der Waals surface area contributed by atoms with Crippen LogP contribution in [0.5, 0.6) is 0 Å². The van der Waals surface area contributed by atoms with Crippen molar-refractivity contribution >= 4 is 16.5 Å². The van der Waals surface area contributed by atoms with Gasteiger partial charge in [0.2, 0.25) is 5.13 Å².